The Bertz CT molecular complexity index is 978. The molecule has 6 heteroatoms. The average Bonchev–Trinajstić information content (AvgIpc) is 2.93. The summed E-state index contributed by atoms with van der Waals surface area (Å²) < 4.78 is 12.8. The van der Waals surface area contributed by atoms with Crippen molar-refractivity contribution in [3.8, 4) is 5.88 Å². The largest absolute Gasteiger partial charge is 0.477 e. The maximum Gasteiger partial charge on any atom is 0.234 e. The number of nitrogens with zero attached hydrogens (tertiary/aromatic N) is 3. The minimum absolute atomic E-state index is 0.180. The molecule has 0 unspecified atom stereocenters. The van der Waals surface area contributed by atoms with E-state index in [4.69, 9.17) is 14.5 Å². The summed E-state index contributed by atoms with van der Waals surface area (Å²) >= 11 is 1.64. The van der Waals surface area contributed by atoms with E-state index in [1.165, 1.54) is 11.1 Å². The van der Waals surface area contributed by atoms with Crippen LogP contribution in [0.25, 0.3) is 20.4 Å². The molecule has 0 amide bonds. The summed E-state index contributed by atoms with van der Waals surface area (Å²) in [6, 6.07) is 0. The van der Waals surface area contributed by atoms with Crippen molar-refractivity contribution in [3.63, 3.8) is 0 Å². The Morgan fingerprint density at radius 1 is 1.27 bits per heavy atom. The topological polar surface area (TPSA) is 57.1 Å². The summed E-state index contributed by atoms with van der Waals surface area (Å²) in [7, 11) is 0. The fourth-order valence-electron chi connectivity index (χ4n) is 3.65. The molecule has 0 fully saturated rings. The number of pyridine rings is 1. The number of hydrogen-bond acceptors (Lipinski definition) is 6. The van der Waals surface area contributed by atoms with Crippen LogP contribution in [0.4, 0.5) is 0 Å². The van der Waals surface area contributed by atoms with Crippen LogP contribution in [0.2, 0.25) is 0 Å². The van der Waals surface area contributed by atoms with E-state index in [2.05, 4.69) is 37.7 Å². The smallest absolute Gasteiger partial charge is 0.234 e. The van der Waals surface area contributed by atoms with Crippen LogP contribution in [0.3, 0.4) is 0 Å². The van der Waals surface area contributed by atoms with E-state index in [1.54, 1.807) is 17.7 Å². The summed E-state index contributed by atoms with van der Waals surface area (Å²) in [6.45, 7) is 11.9. The molecule has 0 radical (unpaired) electrons. The fraction of sp³-hybridized carbons (Fsp3) is 0.550. The highest BCUT2D eigenvalue weighted by Gasteiger charge is 2.31. The third kappa shape index (κ3) is 2.95. The Morgan fingerprint density at radius 2 is 2.08 bits per heavy atom. The standard InChI is InChI=1S/C20H25N3O2S/c1-6-24-18-17-16(21-10-22-18)15-12-8-20(4,5)25-9-13(12)14(7-11(2)3)23-19(15)26-17/h10-11H,6-9H2,1-5H3. The molecule has 0 bridgehead atoms. The predicted molar refractivity (Wildman–Crippen MR) is 105 cm³/mol. The lowest BCUT2D eigenvalue weighted by molar-refractivity contribution is -0.0402. The molecule has 0 N–H and O–H groups in total. The molecule has 3 aromatic heterocycles. The number of thiophene rings is 1. The van der Waals surface area contributed by atoms with Gasteiger partial charge in [-0.15, -0.1) is 11.3 Å². The second-order valence-electron chi connectivity index (χ2n) is 7.91. The molecule has 1 aliphatic heterocycles. The van der Waals surface area contributed by atoms with Crippen LogP contribution in [0.1, 0.15) is 51.4 Å². The molecule has 4 rings (SSSR count). The van der Waals surface area contributed by atoms with Crippen LogP contribution in [0.5, 0.6) is 5.88 Å². The zero-order valence-electron chi connectivity index (χ0n) is 16.0. The van der Waals surface area contributed by atoms with E-state index < -0.39 is 0 Å². The summed E-state index contributed by atoms with van der Waals surface area (Å²) in [6.07, 6.45) is 3.42. The van der Waals surface area contributed by atoms with Crippen molar-refractivity contribution < 1.29 is 9.47 Å². The molecule has 0 aromatic carbocycles. The molecule has 1 aliphatic rings. The Kier molecular flexibility index (Phi) is 4.35. The van der Waals surface area contributed by atoms with Crippen molar-refractivity contribution in [3.05, 3.63) is 23.1 Å². The molecule has 0 aliphatic carbocycles. The average molecular weight is 372 g/mol. The second kappa shape index (κ2) is 6.43. The van der Waals surface area contributed by atoms with Gasteiger partial charge in [0.1, 0.15) is 15.9 Å². The van der Waals surface area contributed by atoms with Gasteiger partial charge in [-0.25, -0.2) is 15.0 Å². The van der Waals surface area contributed by atoms with E-state index in [1.807, 2.05) is 6.92 Å². The molecule has 0 saturated heterocycles. The number of fused-ring (bicyclic) bond motifs is 5. The third-order valence-corrected chi connectivity index (χ3v) is 5.82. The maximum absolute atomic E-state index is 6.12. The van der Waals surface area contributed by atoms with Gasteiger partial charge in [0, 0.05) is 23.1 Å². The summed E-state index contributed by atoms with van der Waals surface area (Å²) in [4.78, 5) is 15.0. The Morgan fingerprint density at radius 3 is 2.81 bits per heavy atom. The van der Waals surface area contributed by atoms with E-state index >= 15 is 0 Å². The minimum Gasteiger partial charge on any atom is -0.477 e. The lowest BCUT2D eigenvalue weighted by Crippen LogP contribution is -2.33. The first kappa shape index (κ1) is 17.6. The van der Waals surface area contributed by atoms with Crippen LogP contribution in [-0.2, 0) is 24.2 Å². The lowest BCUT2D eigenvalue weighted by Gasteiger charge is -2.33. The number of aromatic nitrogens is 3. The van der Waals surface area contributed by atoms with Crippen molar-refractivity contribution in [2.75, 3.05) is 6.61 Å². The Labute approximate surface area is 157 Å². The van der Waals surface area contributed by atoms with Gasteiger partial charge < -0.3 is 9.47 Å². The Balaban J connectivity index is 2.04. The highest BCUT2D eigenvalue weighted by Crippen LogP contribution is 2.42. The van der Waals surface area contributed by atoms with Gasteiger partial charge in [-0.05, 0) is 38.7 Å². The zero-order chi connectivity index (χ0) is 18.5. The molecule has 0 atom stereocenters. The molecule has 0 saturated carbocycles. The van der Waals surface area contributed by atoms with Crippen molar-refractivity contribution in [2.45, 2.75) is 59.7 Å². The van der Waals surface area contributed by atoms with Gasteiger partial charge in [-0.2, -0.15) is 0 Å². The van der Waals surface area contributed by atoms with Gasteiger partial charge in [0.15, 0.2) is 0 Å². The summed E-state index contributed by atoms with van der Waals surface area (Å²) in [5.74, 6) is 1.21. The van der Waals surface area contributed by atoms with Crippen molar-refractivity contribution in [2.24, 2.45) is 5.92 Å². The first-order valence-electron chi connectivity index (χ1n) is 9.24. The van der Waals surface area contributed by atoms with Crippen molar-refractivity contribution in [1.29, 1.82) is 0 Å². The molecular weight excluding hydrogens is 346 g/mol. The molecule has 138 valence electrons. The number of hydrogen-bond donors (Lipinski definition) is 0. The molecule has 0 spiro atoms. The first-order valence-corrected chi connectivity index (χ1v) is 10.1. The molecule has 26 heavy (non-hydrogen) atoms. The quantitative estimate of drug-likeness (QED) is 0.666. The van der Waals surface area contributed by atoms with Gasteiger partial charge in [-0.3, -0.25) is 0 Å². The van der Waals surface area contributed by atoms with Crippen LogP contribution in [-0.4, -0.2) is 27.2 Å². The van der Waals surface area contributed by atoms with Gasteiger partial charge in [0.2, 0.25) is 5.88 Å². The molecule has 3 aromatic rings. The van der Waals surface area contributed by atoms with Gasteiger partial charge in [0.05, 0.1) is 24.3 Å². The van der Waals surface area contributed by atoms with E-state index in [9.17, 15) is 0 Å². The first-order chi connectivity index (χ1) is 12.4. The monoisotopic (exact) mass is 371 g/mol. The minimum atomic E-state index is -0.180. The van der Waals surface area contributed by atoms with Gasteiger partial charge in [-0.1, -0.05) is 13.8 Å². The van der Waals surface area contributed by atoms with Gasteiger partial charge >= 0.3 is 0 Å². The van der Waals surface area contributed by atoms with Crippen molar-refractivity contribution in [1.82, 2.24) is 15.0 Å². The number of rotatable bonds is 4. The van der Waals surface area contributed by atoms with Crippen LogP contribution in [0, 0.1) is 5.92 Å². The lowest BCUT2D eigenvalue weighted by atomic mass is 9.88. The second-order valence-corrected chi connectivity index (χ2v) is 8.91. The number of ether oxygens (including phenoxy) is 2. The normalized spacial score (nSPS) is 16.4. The molecule has 5 nitrogen and oxygen atoms in total. The van der Waals surface area contributed by atoms with E-state index in [0.717, 1.165) is 39.0 Å². The molecular formula is C20H25N3O2S. The summed E-state index contributed by atoms with van der Waals surface area (Å²) in [5, 5.41) is 1.16. The summed E-state index contributed by atoms with van der Waals surface area (Å²) in [5.41, 5.74) is 4.54. The van der Waals surface area contributed by atoms with Crippen LogP contribution in [0.15, 0.2) is 6.33 Å². The van der Waals surface area contributed by atoms with Crippen molar-refractivity contribution >= 4 is 31.8 Å². The third-order valence-electron chi connectivity index (χ3n) is 4.76. The predicted octanol–water partition coefficient (Wildman–Crippen LogP) is 4.69. The fourth-order valence-corrected chi connectivity index (χ4v) is 4.77. The Hall–Kier alpha value is -1.79. The van der Waals surface area contributed by atoms with E-state index in [-0.39, 0.29) is 5.60 Å². The SMILES string of the molecule is CCOc1ncnc2c1sc1nc(CC(C)C)c3c(c12)CC(C)(C)OC3. The zero-order valence-corrected chi connectivity index (χ0v) is 16.9. The molecule has 4 heterocycles. The van der Waals surface area contributed by atoms with Crippen LogP contribution < -0.4 is 4.74 Å². The maximum atomic E-state index is 6.12. The highest BCUT2D eigenvalue weighted by atomic mass is 32.1. The van der Waals surface area contributed by atoms with E-state index in [0.29, 0.717) is 25.0 Å². The van der Waals surface area contributed by atoms with Crippen LogP contribution >= 0.6 is 11.3 Å². The highest BCUT2D eigenvalue weighted by molar-refractivity contribution is 7.25. The van der Waals surface area contributed by atoms with Gasteiger partial charge in [0.25, 0.3) is 0 Å².